The van der Waals surface area contributed by atoms with Crippen molar-refractivity contribution in [1.29, 1.82) is 0 Å². The Balaban J connectivity index is 2.69. The number of nitrogen functional groups attached to an aromatic ring is 1. The Labute approximate surface area is 123 Å². The van der Waals surface area contributed by atoms with E-state index < -0.39 is 6.10 Å². The van der Waals surface area contributed by atoms with Crippen LogP contribution < -0.4 is 15.8 Å². The zero-order valence-corrected chi connectivity index (χ0v) is 12.7. The van der Waals surface area contributed by atoms with Crippen molar-refractivity contribution >= 4 is 34.8 Å². The second-order valence-corrected chi connectivity index (χ2v) is 5.52. The van der Waals surface area contributed by atoms with E-state index in [-0.39, 0.29) is 5.91 Å². The zero-order valence-electron chi connectivity index (χ0n) is 11.2. The van der Waals surface area contributed by atoms with Gasteiger partial charge in [0.05, 0.1) is 15.7 Å². The van der Waals surface area contributed by atoms with Gasteiger partial charge in [0, 0.05) is 12.6 Å². The lowest BCUT2D eigenvalue weighted by molar-refractivity contribution is -0.127. The first-order valence-corrected chi connectivity index (χ1v) is 6.75. The van der Waals surface area contributed by atoms with Crippen LogP contribution in [0.1, 0.15) is 20.8 Å². The maximum Gasteiger partial charge on any atom is 0.260 e. The monoisotopic (exact) mass is 304 g/mol. The number of amides is 1. The summed E-state index contributed by atoms with van der Waals surface area (Å²) in [6, 6.07) is 3.00. The van der Waals surface area contributed by atoms with E-state index in [4.69, 9.17) is 33.7 Å². The molecule has 3 N–H and O–H groups in total. The van der Waals surface area contributed by atoms with Crippen LogP contribution >= 0.6 is 23.2 Å². The minimum atomic E-state index is -0.654. The molecule has 6 heteroatoms. The Morgan fingerprint density at radius 1 is 1.32 bits per heavy atom. The van der Waals surface area contributed by atoms with E-state index in [0.717, 1.165) is 0 Å². The summed E-state index contributed by atoms with van der Waals surface area (Å²) in [6.07, 6.45) is -0.654. The smallest absolute Gasteiger partial charge is 0.260 e. The lowest BCUT2D eigenvalue weighted by Crippen LogP contribution is -2.38. The van der Waals surface area contributed by atoms with Gasteiger partial charge in [0.15, 0.2) is 6.10 Å². The summed E-state index contributed by atoms with van der Waals surface area (Å²) in [6.45, 7) is 6.28. The molecule has 0 heterocycles. The number of hydrogen-bond acceptors (Lipinski definition) is 3. The summed E-state index contributed by atoms with van der Waals surface area (Å²) in [5.41, 5.74) is 6.11. The van der Waals surface area contributed by atoms with Crippen LogP contribution in [0.3, 0.4) is 0 Å². The zero-order chi connectivity index (χ0) is 14.6. The molecule has 0 radical (unpaired) electrons. The van der Waals surface area contributed by atoms with Crippen LogP contribution in [-0.4, -0.2) is 18.6 Å². The SMILES string of the molecule is CC(C)CNC(=O)C(C)Oc1cc(Cl)c(Cl)cc1N. The van der Waals surface area contributed by atoms with Crippen molar-refractivity contribution in [3.05, 3.63) is 22.2 Å². The highest BCUT2D eigenvalue weighted by molar-refractivity contribution is 6.42. The van der Waals surface area contributed by atoms with Crippen LogP contribution in [0.5, 0.6) is 5.75 Å². The second-order valence-electron chi connectivity index (χ2n) is 4.70. The standard InChI is InChI=1S/C13H18Cl2N2O2/c1-7(2)6-17-13(18)8(3)19-12-5-10(15)9(14)4-11(12)16/h4-5,7-8H,6,16H2,1-3H3,(H,17,18). The molecule has 0 aliphatic heterocycles. The van der Waals surface area contributed by atoms with E-state index >= 15 is 0 Å². The lowest BCUT2D eigenvalue weighted by Gasteiger charge is -2.17. The Morgan fingerprint density at radius 2 is 1.89 bits per heavy atom. The second kappa shape index (κ2) is 6.87. The van der Waals surface area contributed by atoms with Gasteiger partial charge >= 0.3 is 0 Å². The molecule has 0 aliphatic rings. The van der Waals surface area contributed by atoms with Gasteiger partial charge in [-0.15, -0.1) is 0 Å². The summed E-state index contributed by atoms with van der Waals surface area (Å²) in [5, 5.41) is 3.47. The lowest BCUT2D eigenvalue weighted by atomic mass is 10.2. The summed E-state index contributed by atoms with van der Waals surface area (Å²) in [5.74, 6) is 0.534. The topological polar surface area (TPSA) is 64.3 Å². The Kier molecular flexibility index (Phi) is 5.76. The molecule has 1 aromatic carbocycles. The minimum Gasteiger partial charge on any atom is -0.479 e. The number of benzene rings is 1. The van der Waals surface area contributed by atoms with Crippen LogP contribution in [0, 0.1) is 5.92 Å². The maximum absolute atomic E-state index is 11.8. The highest BCUT2D eigenvalue weighted by atomic mass is 35.5. The van der Waals surface area contributed by atoms with Crippen molar-refractivity contribution in [3.63, 3.8) is 0 Å². The fraction of sp³-hybridized carbons (Fsp3) is 0.462. The van der Waals surface area contributed by atoms with E-state index in [0.29, 0.717) is 33.9 Å². The molecule has 4 nitrogen and oxygen atoms in total. The Bertz CT molecular complexity index is 464. The molecule has 0 bridgehead atoms. The predicted octanol–water partition coefficient (Wildman–Crippen LogP) is 3.12. The summed E-state index contributed by atoms with van der Waals surface area (Å²) >= 11 is 11.7. The number of rotatable bonds is 5. The van der Waals surface area contributed by atoms with E-state index in [9.17, 15) is 4.79 Å². The molecule has 0 aliphatic carbocycles. The van der Waals surface area contributed by atoms with Crippen LogP contribution in [0.4, 0.5) is 5.69 Å². The van der Waals surface area contributed by atoms with Gasteiger partial charge in [-0.1, -0.05) is 37.0 Å². The number of hydrogen-bond donors (Lipinski definition) is 2. The number of nitrogens with one attached hydrogen (secondary N) is 1. The van der Waals surface area contributed by atoms with Gasteiger partial charge in [-0.2, -0.15) is 0 Å². The van der Waals surface area contributed by atoms with Gasteiger partial charge in [-0.3, -0.25) is 4.79 Å². The number of halogens is 2. The average molecular weight is 305 g/mol. The van der Waals surface area contributed by atoms with Crippen molar-refractivity contribution in [1.82, 2.24) is 5.32 Å². The number of carbonyl (C=O) groups excluding carboxylic acids is 1. The number of anilines is 1. The maximum atomic E-state index is 11.8. The van der Waals surface area contributed by atoms with E-state index in [1.54, 1.807) is 6.92 Å². The number of ether oxygens (including phenoxy) is 1. The van der Waals surface area contributed by atoms with Crippen LogP contribution in [0.15, 0.2) is 12.1 Å². The van der Waals surface area contributed by atoms with E-state index in [1.807, 2.05) is 13.8 Å². The van der Waals surface area contributed by atoms with E-state index in [2.05, 4.69) is 5.32 Å². The third-order valence-electron chi connectivity index (χ3n) is 2.41. The fourth-order valence-corrected chi connectivity index (χ4v) is 1.66. The van der Waals surface area contributed by atoms with Crippen molar-refractivity contribution in [2.75, 3.05) is 12.3 Å². The highest BCUT2D eigenvalue weighted by Gasteiger charge is 2.16. The molecule has 1 unspecified atom stereocenters. The Hall–Kier alpha value is -1.13. The molecular formula is C13H18Cl2N2O2. The predicted molar refractivity (Wildman–Crippen MR) is 78.8 cm³/mol. The van der Waals surface area contributed by atoms with Gasteiger partial charge in [0.1, 0.15) is 5.75 Å². The molecule has 19 heavy (non-hydrogen) atoms. The quantitative estimate of drug-likeness (QED) is 0.822. The molecule has 0 fully saturated rings. The van der Waals surface area contributed by atoms with Crippen LogP contribution in [0.25, 0.3) is 0 Å². The molecule has 1 rings (SSSR count). The first-order chi connectivity index (χ1) is 8.81. The molecule has 1 aromatic rings. The molecule has 0 aromatic heterocycles. The number of nitrogens with two attached hydrogens (primary N) is 1. The van der Waals surface area contributed by atoms with Gasteiger partial charge < -0.3 is 15.8 Å². The summed E-state index contributed by atoms with van der Waals surface area (Å²) in [7, 11) is 0. The van der Waals surface area contributed by atoms with Gasteiger partial charge in [0.2, 0.25) is 0 Å². The molecule has 0 saturated carbocycles. The van der Waals surface area contributed by atoms with Gasteiger partial charge in [0.25, 0.3) is 5.91 Å². The van der Waals surface area contributed by atoms with Crippen LogP contribution in [-0.2, 0) is 4.79 Å². The van der Waals surface area contributed by atoms with Gasteiger partial charge in [-0.25, -0.2) is 0 Å². The summed E-state index contributed by atoms with van der Waals surface area (Å²) in [4.78, 5) is 11.8. The fourth-order valence-electron chi connectivity index (χ4n) is 1.34. The Morgan fingerprint density at radius 3 is 2.47 bits per heavy atom. The van der Waals surface area contributed by atoms with Crippen molar-refractivity contribution < 1.29 is 9.53 Å². The molecule has 0 saturated heterocycles. The molecular weight excluding hydrogens is 287 g/mol. The average Bonchev–Trinajstić information content (AvgIpc) is 2.32. The first-order valence-electron chi connectivity index (χ1n) is 6.00. The third kappa shape index (κ3) is 4.80. The largest absolute Gasteiger partial charge is 0.479 e. The molecule has 1 amide bonds. The molecule has 1 atom stereocenters. The molecule has 106 valence electrons. The number of carbonyl (C=O) groups is 1. The van der Waals surface area contributed by atoms with Crippen LogP contribution in [0.2, 0.25) is 10.0 Å². The highest BCUT2D eigenvalue weighted by Crippen LogP contribution is 2.32. The van der Waals surface area contributed by atoms with E-state index in [1.165, 1.54) is 12.1 Å². The third-order valence-corrected chi connectivity index (χ3v) is 3.13. The van der Waals surface area contributed by atoms with Gasteiger partial charge in [-0.05, 0) is 18.9 Å². The van der Waals surface area contributed by atoms with Crippen molar-refractivity contribution in [2.45, 2.75) is 26.9 Å². The minimum absolute atomic E-state index is 0.195. The van der Waals surface area contributed by atoms with Crippen molar-refractivity contribution in [3.8, 4) is 5.75 Å². The van der Waals surface area contributed by atoms with Crippen molar-refractivity contribution in [2.24, 2.45) is 5.92 Å². The molecule has 0 spiro atoms. The normalized spacial score (nSPS) is 12.3. The summed E-state index contributed by atoms with van der Waals surface area (Å²) < 4.78 is 5.49. The first kappa shape index (κ1) is 15.9.